The number of esters is 1. The maximum atomic E-state index is 12.2. The van der Waals surface area contributed by atoms with Gasteiger partial charge in [-0.1, -0.05) is 29.8 Å². The number of rotatable bonds is 7. The first-order chi connectivity index (χ1) is 13.7. The molecule has 3 aromatic rings. The lowest BCUT2D eigenvalue weighted by Crippen LogP contribution is -2.36. The quantitative estimate of drug-likeness (QED) is 0.525. The van der Waals surface area contributed by atoms with E-state index in [4.69, 9.17) is 20.8 Å². The summed E-state index contributed by atoms with van der Waals surface area (Å²) >= 11 is 5.85. The van der Waals surface area contributed by atoms with E-state index in [1.54, 1.807) is 55.5 Å². The molecule has 0 bridgehead atoms. The van der Waals surface area contributed by atoms with Crippen molar-refractivity contribution in [2.45, 2.75) is 13.5 Å². The Balaban J connectivity index is 1.66. The Labute approximate surface area is 173 Å². The van der Waals surface area contributed by atoms with E-state index in [1.807, 2.05) is 0 Å². The average Bonchev–Trinajstić information content (AvgIpc) is 3.14. The van der Waals surface area contributed by atoms with Crippen LogP contribution in [0.2, 0.25) is 5.02 Å². The second kappa shape index (κ2) is 8.62. The maximum Gasteiger partial charge on any atom is 0.327 e. The van der Waals surface area contributed by atoms with Crippen LogP contribution >= 0.6 is 11.6 Å². The lowest BCUT2D eigenvalue weighted by atomic mass is 10.2. The lowest BCUT2D eigenvalue weighted by Gasteiger charge is -2.22. The number of carbonyl (C=O) groups excluding carboxylic acids is 1. The van der Waals surface area contributed by atoms with Crippen molar-refractivity contribution in [3.8, 4) is 11.5 Å². The molecule has 10 heteroatoms. The van der Waals surface area contributed by atoms with E-state index in [1.165, 1.54) is 0 Å². The molecular weight excluding hydrogens is 418 g/mol. The predicted octanol–water partition coefficient (Wildman–Crippen LogP) is 3.21. The number of para-hydroxylation sites is 1. The molecule has 0 N–H and O–H groups in total. The Bertz CT molecular complexity index is 1110. The highest BCUT2D eigenvalue weighted by atomic mass is 35.5. The van der Waals surface area contributed by atoms with E-state index in [0.717, 1.165) is 16.1 Å². The molecule has 1 heterocycles. The van der Waals surface area contributed by atoms with Crippen molar-refractivity contribution in [1.29, 1.82) is 0 Å². The van der Waals surface area contributed by atoms with Crippen LogP contribution in [-0.2, 0) is 26.2 Å². The predicted molar refractivity (Wildman–Crippen MR) is 108 cm³/mol. The third kappa shape index (κ3) is 5.33. The number of benzene rings is 2. The monoisotopic (exact) mass is 435 g/mol. The number of sulfonamides is 1. The van der Waals surface area contributed by atoms with Crippen LogP contribution in [0.25, 0.3) is 11.5 Å². The largest absolute Gasteiger partial charge is 0.454 e. The van der Waals surface area contributed by atoms with Gasteiger partial charge in [0.05, 0.1) is 11.9 Å². The number of anilines is 1. The topological polar surface area (TPSA) is 103 Å². The highest BCUT2D eigenvalue weighted by molar-refractivity contribution is 7.92. The Morgan fingerprint density at radius 1 is 1.14 bits per heavy atom. The molecular formula is C19H18ClN3O5S. The van der Waals surface area contributed by atoms with Crippen molar-refractivity contribution in [1.82, 2.24) is 10.2 Å². The van der Waals surface area contributed by atoms with Crippen molar-refractivity contribution in [2.75, 3.05) is 17.1 Å². The number of ether oxygens (including phenoxy) is 1. The van der Waals surface area contributed by atoms with Crippen LogP contribution in [0.15, 0.2) is 52.9 Å². The molecule has 0 amide bonds. The van der Waals surface area contributed by atoms with Crippen LogP contribution < -0.4 is 4.31 Å². The highest BCUT2D eigenvalue weighted by Crippen LogP contribution is 2.22. The molecule has 0 fully saturated rings. The summed E-state index contributed by atoms with van der Waals surface area (Å²) in [5.74, 6) is -0.402. The van der Waals surface area contributed by atoms with Crippen molar-refractivity contribution >= 4 is 33.3 Å². The van der Waals surface area contributed by atoms with E-state index in [9.17, 15) is 13.2 Å². The summed E-state index contributed by atoms with van der Waals surface area (Å²) in [7, 11) is -3.68. The first-order valence-corrected chi connectivity index (χ1v) is 10.7. The van der Waals surface area contributed by atoms with Crippen LogP contribution in [0.5, 0.6) is 0 Å². The molecule has 0 radical (unpaired) electrons. The first kappa shape index (κ1) is 20.8. The second-order valence-corrected chi connectivity index (χ2v) is 8.57. The molecule has 0 spiro atoms. The Morgan fingerprint density at radius 3 is 2.48 bits per heavy atom. The fraction of sp³-hybridized carbons (Fsp3) is 0.211. The van der Waals surface area contributed by atoms with Gasteiger partial charge in [-0.3, -0.25) is 9.10 Å². The lowest BCUT2D eigenvalue weighted by molar-refractivity contribution is -0.143. The molecule has 0 aliphatic rings. The number of aryl methyl sites for hydroxylation is 1. The zero-order chi connectivity index (χ0) is 21.0. The molecule has 0 aliphatic carbocycles. The molecule has 1 aromatic heterocycles. The molecule has 152 valence electrons. The molecule has 0 saturated carbocycles. The summed E-state index contributed by atoms with van der Waals surface area (Å²) in [6.45, 7) is 1.02. The summed E-state index contributed by atoms with van der Waals surface area (Å²) in [5.41, 5.74) is 1.80. The summed E-state index contributed by atoms with van der Waals surface area (Å²) in [6.07, 6.45) is 1.03. The highest BCUT2D eigenvalue weighted by Gasteiger charge is 2.23. The molecule has 2 aromatic carbocycles. The van der Waals surface area contributed by atoms with Crippen molar-refractivity contribution in [2.24, 2.45) is 0 Å². The van der Waals surface area contributed by atoms with Gasteiger partial charge < -0.3 is 9.15 Å². The summed E-state index contributed by atoms with van der Waals surface area (Å²) in [5, 5.41) is 8.30. The number of carbonyl (C=O) groups is 1. The van der Waals surface area contributed by atoms with Crippen LogP contribution in [0, 0.1) is 6.92 Å². The fourth-order valence-corrected chi connectivity index (χ4v) is 3.58. The molecule has 0 unspecified atom stereocenters. The van der Waals surface area contributed by atoms with Crippen molar-refractivity contribution < 1.29 is 22.4 Å². The normalized spacial score (nSPS) is 11.3. The maximum absolute atomic E-state index is 12.2. The van der Waals surface area contributed by atoms with Gasteiger partial charge in [0.2, 0.25) is 15.9 Å². The number of aromatic nitrogens is 2. The van der Waals surface area contributed by atoms with E-state index in [2.05, 4.69) is 10.2 Å². The number of hydrogen-bond donors (Lipinski definition) is 0. The summed E-state index contributed by atoms with van der Waals surface area (Å²) < 4.78 is 35.9. The smallest absolute Gasteiger partial charge is 0.327 e. The van der Waals surface area contributed by atoms with Crippen LogP contribution in [0.4, 0.5) is 5.69 Å². The van der Waals surface area contributed by atoms with E-state index >= 15 is 0 Å². The Kier molecular flexibility index (Phi) is 6.19. The van der Waals surface area contributed by atoms with Crippen LogP contribution in [-0.4, -0.2) is 37.4 Å². The fourth-order valence-electron chi connectivity index (χ4n) is 2.55. The van der Waals surface area contributed by atoms with Gasteiger partial charge in [0.15, 0.2) is 6.61 Å². The van der Waals surface area contributed by atoms with Gasteiger partial charge in [-0.15, -0.1) is 10.2 Å². The number of halogens is 1. The van der Waals surface area contributed by atoms with E-state index in [0.29, 0.717) is 16.3 Å². The third-order valence-electron chi connectivity index (χ3n) is 3.97. The molecule has 29 heavy (non-hydrogen) atoms. The van der Waals surface area contributed by atoms with Crippen molar-refractivity contribution in [3.05, 3.63) is 65.0 Å². The molecule has 8 nitrogen and oxygen atoms in total. The van der Waals surface area contributed by atoms with Gasteiger partial charge in [0.1, 0.15) is 6.54 Å². The van der Waals surface area contributed by atoms with Gasteiger partial charge in [-0.05, 0) is 42.8 Å². The molecule has 0 aliphatic heterocycles. The van der Waals surface area contributed by atoms with E-state index < -0.39 is 22.5 Å². The van der Waals surface area contributed by atoms with Gasteiger partial charge in [-0.25, -0.2) is 8.42 Å². The van der Waals surface area contributed by atoms with E-state index in [-0.39, 0.29) is 18.4 Å². The minimum atomic E-state index is -3.68. The standard InChI is InChI=1S/C19H18ClN3O5S/c1-13-5-3-4-6-16(13)23(29(2,25)26)11-18(24)27-12-17-21-22-19(28-17)14-7-9-15(20)10-8-14/h3-10H,11-12H2,1-2H3. The average molecular weight is 436 g/mol. The van der Waals surface area contributed by atoms with Gasteiger partial charge in [0.25, 0.3) is 5.89 Å². The number of nitrogens with zero attached hydrogens (tertiary/aromatic N) is 3. The minimum Gasteiger partial charge on any atom is -0.454 e. The second-order valence-electron chi connectivity index (χ2n) is 6.22. The summed E-state index contributed by atoms with van der Waals surface area (Å²) in [6, 6.07) is 13.7. The Morgan fingerprint density at radius 2 is 1.83 bits per heavy atom. The van der Waals surface area contributed by atoms with Gasteiger partial charge in [0, 0.05) is 10.6 Å². The van der Waals surface area contributed by atoms with Gasteiger partial charge >= 0.3 is 5.97 Å². The van der Waals surface area contributed by atoms with Crippen LogP contribution in [0.1, 0.15) is 11.5 Å². The number of hydrogen-bond acceptors (Lipinski definition) is 7. The van der Waals surface area contributed by atoms with Gasteiger partial charge in [-0.2, -0.15) is 0 Å². The molecule has 0 atom stereocenters. The first-order valence-electron chi connectivity index (χ1n) is 8.51. The third-order valence-corrected chi connectivity index (χ3v) is 5.35. The zero-order valence-corrected chi connectivity index (χ0v) is 17.3. The van der Waals surface area contributed by atoms with Crippen molar-refractivity contribution in [3.63, 3.8) is 0 Å². The Hall–Kier alpha value is -2.91. The van der Waals surface area contributed by atoms with Crippen LogP contribution in [0.3, 0.4) is 0 Å². The zero-order valence-electron chi connectivity index (χ0n) is 15.7. The SMILES string of the molecule is Cc1ccccc1N(CC(=O)OCc1nnc(-c2ccc(Cl)cc2)o1)S(C)(=O)=O. The minimum absolute atomic E-state index is 0.0881. The molecule has 3 rings (SSSR count). The molecule has 0 saturated heterocycles. The summed E-state index contributed by atoms with van der Waals surface area (Å²) in [4.78, 5) is 12.2.